The molecule has 3 aliphatic rings. The van der Waals surface area contributed by atoms with Crippen molar-refractivity contribution >= 4 is 12.0 Å². The number of ether oxygens (including phenoxy) is 2. The summed E-state index contributed by atoms with van der Waals surface area (Å²) in [5, 5.41) is 0. The summed E-state index contributed by atoms with van der Waals surface area (Å²) in [6.45, 7) is 8.30. The summed E-state index contributed by atoms with van der Waals surface area (Å²) in [7, 11) is 0. The zero-order chi connectivity index (χ0) is 21.6. The lowest BCUT2D eigenvalue weighted by molar-refractivity contribution is -0.188. The number of rotatable bonds is 3. The third kappa shape index (κ3) is 4.98. The summed E-state index contributed by atoms with van der Waals surface area (Å²) in [6, 6.07) is -0.918. The van der Waals surface area contributed by atoms with Crippen molar-refractivity contribution < 1.29 is 32.2 Å². The molecular weight excluding hydrogens is 389 g/mol. The third-order valence-corrected chi connectivity index (χ3v) is 6.15. The smallest absolute Gasteiger partial charge is 0.444 e. The van der Waals surface area contributed by atoms with Crippen LogP contribution < -0.4 is 0 Å². The second-order valence-corrected chi connectivity index (χ2v) is 9.50. The predicted octanol–water partition coefficient (Wildman–Crippen LogP) is 3.73. The minimum absolute atomic E-state index is 0.112. The van der Waals surface area contributed by atoms with E-state index in [0.29, 0.717) is 38.8 Å². The van der Waals surface area contributed by atoms with Gasteiger partial charge < -0.3 is 19.3 Å². The van der Waals surface area contributed by atoms with E-state index < -0.39 is 29.3 Å². The number of amides is 2. The van der Waals surface area contributed by atoms with Crippen LogP contribution in [-0.2, 0) is 14.3 Å². The van der Waals surface area contributed by atoms with Crippen molar-refractivity contribution in [3.8, 4) is 0 Å². The highest BCUT2D eigenvalue weighted by Gasteiger charge is 2.56. The van der Waals surface area contributed by atoms with Gasteiger partial charge in [-0.15, -0.1) is 0 Å². The van der Waals surface area contributed by atoms with Crippen LogP contribution in [0.2, 0.25) is 0 Å². The molecule has 2 aliphatic heterocycles. The predicted molar refractivity (Wildman–Crippen MR) is 99.2 cm³/mol. The van der Waals surface area contributed by atoms with E-state index >= 15 is 0 Å². The molecule has 0 radical (unpaired) electrons. The van der Waals surface area contributed by atoms with Crippen molar-refractivity contribution in [2.75, 3.05) is 19.7 Å². The van der Waals surface area contributed by atoms with Crippen LogP contribution in [0.5, 0.6) is 0 Å². The first-order valence-electron chi connectivity index (χ1n) is 10.4. The Morgan fingerprint density at radius 2 is 1.83 bits per heavy atom. The first kappa shape index (κ1) is 22.2. The Labute approximate surface area is 169 Å². The molecule has 2 amide bonds. The fourth-order valence-corrected chi connectivity index (χ4v) is 4.52. The monoisotopic (exact) mass is 420 g/mol. The molecule has 2 saturated heterocycles. The maximum absolute atomic E-state index is 13.2. The lowest BCUT2D eigenvalue weighted by atomic mass is 9.87. The van der Waals surface area contributed by atoms with Crippen LogP contribution in [0.15, 0.2) is 0 Å². The van der Waals surface area contributed by atoms with Gasteiger partial charge in [0.15, 0.2) is 0 Å². The van der Waals surface area contributed by atoms with Gasteiger partial charge in [0, 0.05) is 19.1 Å². The summed E-state index contributed by atoms with van der Waals surface area (Å²) >= 11 is 0. The minimum atomic E-state index is -4.88. The Bertz CT molecular complexity index is 639. The molecule has 1 unspecified atom stereocenters. The molecule has 1 aliphatic carbocycles. The van der Waals surface area contributed by atoms with Gasteiger partial charge in [-0.05, 0) is 52.4 Å². The highest BCUT2D eigenvalue weighted by molar-refractivity contribution is 5.83. The summed E-state index contributed by atoms with van der Waals surface area (Å²) in [5.41, 5.74) is -1.16. The highest BCUT2D eigenvalue weighted by atomic mass is 19.4. The maximum Gasteiger partial charge on any atom is 0.471 e. The summed E-state index contributed by atoms with van der Waals surface area (Å²) in [5.74, 6) is -1.62. The van der Waals surface area contributed by atoms with Gasteiger partial charge in [0.25, 0.3) is 0 Å². The Morgan fingerprint density at radius 1 is 1.21 bits per heavy atom. The van der Waals surface area contributed by atoms with Crippen LogP contribution in [0.4, 0.5) is 18.0 Å². The van der Waals surface area contributed by atoms with E-state index in [0.717, 1.165) is 11.3 Å². The fourth-order valence-electron chi connectivity index (χ4n) is 4.52. The SMILES string of the molecule is CC[C@@H]1C[C@H]1N(C(=O)C(F)(F)F)C1COC2(CCN(C(=O)OC(C)(C)C)CC2)C1. The lowest BCUT2D eigenvalue weighted by Crippen LogP contribution is -2.51. The molecule has 1 spiro atoms. The summed E-state index contributed by atoms with van der Waals surface area (Å²) < 4.78 is 50.9. The van der Waals surface area contributed by atoms with Gasteiger partial charge in [-0.3, -0.25) is 4.79 Å². The number of nitrogens with zero attached hydrogens (tertiary/aromatic N) is 2. The molecule has 6 nitrogen and oxygen atoms in total. The van der Waals surface area contributed by atoms with Gasteiger partial charge in [-0.2, -0.15) is 13.2 Å². The topological polar surface area (TPSA) is 59.1 Å². The fraction of sp³-hybridized carbons (Fsp3) is 0.900. The van der Waals surface area contributed by atoms with Gasteiger partial charge in [0.2, 0.25) is 0 Å². The molecular formula is C20H31F3N2O4. The minimum Gasteiger partial charge on any atom is -0.444 e. The highest BCUT2D eigenvalue weighted by Crippen LogP contribution is 2.45. The third-order valence-electron chi connectivity index (χ3n) is 6.15. The molecule has 0 aromatic rings. The second-order valence-electron chi connectivity index (χ2n) is 9.50. The molecule has 0 N–H and O–H groups in total. The molecule has 0 bridgehead atoms. The van der Waals surface area contributed by atoms with Gasteiger partial charge in [-0.25, -0.2) is 4.79 Å². The van der Waals surface area contributed by atoms with E-state index in [1.54, 1.807) is 25.7 Å². The van der Waals surface area contributed by atoms with Crippen LogP contribution in [-0.4, -0.2) is 71.0 Å². The van der Waals surface area contributed by atoms with E-state index in [2.05, 4.69) is 0 Å². The van der Waals surface area contributed by atoms with Crippen LogP contribution in [0.3, 0.4) is 0 Å². The molecule has 1 saturated carbocycles. The second kappa shape index (κ2) is 7.63. The van der Waals surface area contributed by atoms with Crippen molar-refractivity contribution in [1.82, 2.24) is 9.80 Å². The van der Waals surface area contributed by atoms with Crippen LogP contribution in [0.1, 0.15) is 59.8 Å². The number of hydrogen-bond acceptors (Lipinski definition) is 4. The number of alkyl halides is 3. The molecule has 0 aromatic carbocycles. The van der Waals surface area contributed by atoms with Gasteiger partial charge in [-0.1, -0.05) is 13.3 Å². The van der Waals surface area contributed by atoms with Gasteiger partial charge in [0.05, 0.1) is 18.2 Å². The first-order chi connectivity index (χ1) is 13.4. The van der Waals surface area contributed by atoms with Crippen LogP contribution in [0, 0.1) is 5.92 Å². The number of carbonyl (C=O) groups is 2. The van der Waals surface area contributed by atoms with E-state index in [-0.39, 0.29) is 24.7 Å². The number of piperidine rings is 1. The molecule has 166 valence electrons. The Kier molecular flexibility index (Phi) is 5.84. The number of carbonyl (C=O) groups excluding carboxylic acids is 2. The normalized spacial score (nSPS) is 29.1. The zero-order valence-electron chi connectivity index (χ0n) is 17.6. The largest absolute Gasteiger partial charge is 0.471 e. The van der Waals surface area contributed by atoms with Crippen LogP contribution in [0.25, 0.3) is 0 Å². The number of likely N-dealkylation sites (tertiary alicyclic amines) is 1. The standard InChI is InChI=1S/C20H31F3N2O4/c1-5-13-10-15(13)25(16(26)20(21,22)23)14-11-19(28-12-14)6-8-24(9-7-19)17(27)29-18(2,3)4/h13-15H,5-12H2,1-4H3/t13-,14?,15-/m1/s1. The van der Waals surface area contributed by atoms with Crippen molar-refractivity contribution in [3.63, 3.8) is 0 Å². The average molecular weight is 420 g/mol. The van der Waals surface area contributed by atoms with Gasteiger partial charge >= 0.3 is 18.2 Å². The lowest BCUT2D eigenvalue weighted by Gasteiger charge is -2.39. The van der Waals surface area contributed by atoms with E-state index in [1.165, 1.54) is 0 Å². The molecule has 3 rings (SSSR count). The molecule has 9 heteroatoms. The maximum atomic E-state index is 13.2. The van der Waals surface area contributed by atoms with Crippen molar-refractivity contribution in [1.29, 1.82) is 0 Å². The van der Waals surface area contributed by atoms with Crippen molar-refractivity contribution in [3.05, 3.63) is 0 Å². The van der Waals surface area contributed by atoms with Crippen molar-refractivity contribution in [2.24, 2.45) is 5.92 Å². The molecule has 3 fully saturated rings. The van der Waals surface area contributed by atoms with E-state index in [4.69, 9.17) is 9.47 Å². The number of halogens is 3. The van der Waals surface area contributed by atoms with Crippen molar-refractivity contribution in [2.45, 2.75) is 89.3 Å². The van der Waals surface area contributed by atoms with E-state index in [9.17, 15) is 22.8 Å². The molecule has 2 heterocycles. The zero-order valence-corrected chi connectivity index (χ0v) is 17.6. The first-order valence-corrected chi connectivity index (χ1v) is 10.4. The Morgan fingerprint density at radius 3 is 2.31 bits per heavy atom. The quantitative estimate of drug-likeness (QED) is 0.698. The summed E-state index contributed by atoms with van der Waals surface area (Å²) in [6.07, 6.45) is -2.46. The average Bonchev–Trinajstić information content (AvgIpc) is 3.27. The molecule has 0 aromatic heterocycles. The van der Waals surface area contributed by atoms with E-state index in [1.807, 2.05) is 6.92 Å². The molecule has 29 heavy (non-hydrogen) atoms. The number of hydrogen-bond donors (Lipinski definition) is 0. The van der Waals surface area contributed by atoms with Gasteiger partial charge in [0.1, 0.15) is 5.60 Å². The molecule has 3 atom stereocenters. The Balaban J connectivity index is 1.63. The summed E-state index contributed by atoms with van der Waals surface area (Å²) in [4.78, 5) is 27.0. The van der Waals surface area contributed by atoms with Crippen LogP contribution >= 0.6 is 0 Å². The Hall–Kier alpha value is -1.51.